The van der Waals surface area contributed by atoms with E-state index in [4.69, 9.17) is 11.6 Å². The highest BCUT2D eigenvalue weighted by Gasteiger charge is 2.74. The Bertz CT molecular complexity index is 1930. The van der Waals surface area contributed by atoms with Crippen molar-refractivity contribution in [3.63, 3.8) is 0 Å². The first-order chi connectivity index (χ1) is 24.2. The summed E-state index contributed by atoms with van der Waals surface area (Å²) in [5.74, 6) is -1.58. The van der Waals surface area contributed by atoms with Crippen molar-refractivity contribution in [1.82, 2.24) is 4.31 Å². The van der Waals surface area contributed by atoms with E-state index < -0.39 is 55.9 Å². The number of carbonyl (C=O) groups is 1. The predicted molar refractivity (Wildman–Crippen MR) is 187 cm³/mol. The first-order valence-corrected chi connectivity index (χ1v) is 20.0. The van der Waals surface area contributed by atoms with Crippen LogP contribution >= 0.6 is 11.6 Å². The average molecular weight is 766 g/mol. The Hall–Kier alpha value is -2.77. The number of aliphatic hydroxyl groups excluding tert-OH is 1. The van der Waals surface area contributed by atoms with Gasteiger partial charge in [0.2, 0.25) is 10.0 Å². The average Bonchev–Trinajstić information content (AvgIpc) is 3.32. The summed E-state index contributed by atoms with van der Waals surface area (Å²) in [6.07, 6.45) is 5.44. The van der Waals surface area contributed by atoms with E-state index in [0.717, 1.165) is 24.8 Å². The number of allylic oxidation sites excluding steroid dienone is 4. The third kappa shape index (κ3) is 5.77. The zero-order valence-corrected chi connectivity index (χ0v) is 30.9. The van der Waals surface area contributed by atoms with Crippen LogP contribution in [0.1, 0.15) is 69.9 Å². The molecular weight excluding hydrogens is 722 g/mol. The number of benzene rings is 2. The molecule has 8 atom stereocenters. The molecule has 8 rings (SSSR count). The fourth-order valence-electron chi connectivity index (χ4n) is 11.2. The topological polar surface area (TPSA) is 104 Å². The fraction of sp³-hybridized carbons (Fsp3) is 0.564. The van der Waals surface area contributed by atoms with Gasteiger partial charge in [0.1, 0.15) is 11.6 Å². The Morgan fingerprint density at radius 1 is 1.00 bits per heavy atom. The van der Waals surface area contributed by atoms with Crippen molar-refractivity contribution in [3.05, 3.63) is 88.2 Å². The van der Waals surface area contributed by atoms with Crippen molar-refractivity contribution in [2.24, 2.45) is 33.5 Å². The first kappa shape index (κ1) is 37.5. The van der Waals surface area contributed by atoms with Crippen LogP contribution < -0.4 is 4.74 Å². The molecule has 0 saturated heterocycles. The molecule has 13 heteroatoms. The molecule has 0 aromatic heterocycles. The van der Waals surface area contributed by atoms with E-state index >= 15 is 4.39 Å². The number of fused-ring (bicyclic) bond motifs is 1. The third-order valence-corrected chi connectivity index (χ3v) is 15.4. The van der Waals surface area contributed by atoms with Crippen molar-refractivity contribution >= 4 is 27.4 Å². The zero-order valence-electron chi connectivity index (χ0n) is 29.3. The number of rotatable bonds is 9. The summed E-state index contributed by atoms with van der Waals surface area (Å²) >= 11 is 6.41. The molecule has 8 unspecified atom stereocenters. The molecule has 52 heavy (non-hydrogen) atoms. The molecule has 2 N–H and O–H groups in total. The van der Waals surface area contributed by atoms with Gasteiger partial charge in [-0.05, 0) is 92.0 Å². The smallest absolute Gasteiger partial charge is 0.406 e. The van der Waals surface area contributed by atoms with Gasteiger partial charge in [0.15, 0.2) is 5.78 Å². The SMILES string of the molecule is CC12CCC(O)CC13C=CC1(C(C(=O)Cc4c(F)cccc4Cl)=C3)C2CCC2(C)C1CCC2(O)CN(Cc1ccc(OC(F)(F)F)cc1)S(C)(=O)=O. The van der Waals surface area contributed by atoms with E-state index in [1.54, 1.807) is 6.07 Å². The Morgan fingerprint density at radius 3 is 2.31 bits per heavy atom. The highest BCUT2D eigenvalue weighted by atomic mass is 35.5. The molecule has 2 spiro atoms. The highest BCUT2D eigenvalue weighted by Crippen LogP contribution is 2.78. The maximum Gasteiger partial charge on any atom is 0.573 e. The van der Waals surface area contributed by atoms with Crippen LogP contribution in [-0.2, 0) is 27.8 Å². The summed E-state index contributed by atoms with van der Waals surface area (Å²) < 4.78 is 84.9. The largest absolute Gasteiger partial charge is 0.573 e. The van der Waals surface area contributed by atoms with Crippen LogP contribution in [0.25, 0.3) is 0 Å². The lowest BCUT2D eigenvalue weighted by atomic mass is 9.32. The van der Waals surface area contributed by atoms with Crippen LogP contribution in [-0.4, -0.2) is 59.6 Å². The maximum atomic E-state index is 15.1. The molecule has 0 amide bonds. The number of hydrogen-bond donors (Lipinski definition) is 2. The normalized spacial score (nSPS) is 36.6. The van der Waals surface area contributed by atoms with Gasteiger partial charge in [-0.15, -0.1) is 13.2 Å². The monoisotopic (exact) mass is 765 g/mol. The van der Waals surface area contributed by atoms with E-state index in [0.29, 0.717) is 43.2 Å². The lowest BCUT2D eigenvalue weighted by Gasteiger charge is -2.71. The van der Waals surface area contributed by atoms with E-state index in [9.17, 15) is 36.6 Å². The number of sulfonamides is 1. The minimum Gasteiger partial charge on any atom is -0.406 e. The van der Waals surface area contributed by atoms with Crippen LogP contribution in [0.5, 0.6) is 5.75 Å². The van der Waals surface area contributed by atoms with Crippen molar-refractivity contribution in [3.8, 4) is 5.75 Å². The number of nitrogens with zero attached hydrogens (tertiary/aromatic N) is 1. The Morgan fingerprint density at radius 2 is 1.65 bits per heavy atom. The number of alkyl halides is 3. The van der Waals surface area contributed by atoms with Crippen LogP contribution in [0, 0.1) is 39.3 Å². The molecule has 0 heterocycles. The minimum absolute atomic E-state index is 0.0265. The van der Waals surface area contributed by atoms with Gasteiger partial charge in [-0.3, -0.25) is 4.79 Å². The number of halogens is 5. The summed E-state index contributed by atoms with van der Waals surface area (Å²) in [7, 11) is -3.92. The van der Waals surface area contributed by atoms with Crippen LogP contribution in [0.3, 0.4) is 0 Å². The van der Waals surface area contributed by atoms with Gasteiger partial charge >= 0.3 is 6.36 Å². The van der Waals surface area contributed by atoms with Gasteiger partial charge in [0, 0.05) is 51.9 Å². The lowest BCUT2D eigenvalue weighted by Crippen LogP contribution is -2.67. The van der Waals surface area contributed by atoms with Crippen LogP contribution in [0.4, 0.5) is 17.6 Å². The maximum absolute atomic E-state index is 15.1. The molecule has 3 saturated carbocycles. The molecule has 6 aliphatic rings. The van der Waals surface area contributed by atoms with Crippen molar-refractivity contribution in [2.75, 3.05) is 12.8 Å². The molecule has 3 fully saturated rings. The van der Waals surface area contributed by atoms with Gasteiger partial charge in [-0.1, -0.05) is 61.9 Å². The third-order valence-electron chi connectivity index (χ3n) is 13.8. The number of hydrogen-bond acceptors (Lipinski definition) is 6. The van der Waals surface area contributed by atoms with Gasteiger partial charge in [-0.25, -0.2) is 12.8 Å². The zero-order chi connectivity index (χ0) is 37.7. The second kappa shape index (κ2) is 12.4. The summed E-state index contributed by atoms with van der Waals surface area (Å²) in [6, 6.07) is 9.27. The molecule has 282 valence electrons. The second-order valence-electron chi connectivity index (χ2n) is 16.3. The van der Waals surface area contributed by atoms with Crippen molar-refractivity contribution < 1.29 is 45.7 Å². The summed E-state index contributed by atoms with van der Waals surface area (Å²) in [5, 5.41) is 23.8. The van der Waals surface area contributed by atoms with E-state index in [2.05, 4.69) is 23.8 Å². The first-order valence-electron chi connectivity index (χ1n) is 17.8. The second-order valence-corrected chi connectivity index (χ2v) is 18.7. The number of Topliss-reactive ketones (excluding diaryl/α,β-unsaturated/α-hetero) is 1. The van der Waals surface area contributed by atoms with E-state index in [-0.39, 0.29) is 59.6 Å². The number of ketones is 1. The van der Waals surface area contributed by atoms with Crippen LogP contribution in [0.2, 0.25) is 5.02 Å². The van der Waals surface area contributed by atoms with Gasteiger partial charge in [0.05, 0.1) is 18.0 Å². The molecule has 2 aromatic rings. The highest BCUT2D eigenvalue weighted by molar-refractivity contribution is 7.88. The summed E-state index contributed by atoms with van der Waals surface area (Å²) in [4.78, 5) is 14.6. The standard InChI is InChI=1S/C39H44ClF4NO6S/c1-34-14-11-25(46)20-36(34)17-18-38(28(21-36)31(47)19-27-29(40)5-4-6-30(27)41)32(34)12-15-35(2)33(38)13-16-37(35,48)23-45(52(3,49)50)22-24-7-9-26(10-8-24)51-39(42,43)44/h4-10,17-18,21,25,32-33,46,48H,11-16,19-20,22-23H2,1-3H3. The molecule has 2 aromatic carbocycles. The fourth-order valence-corrected chi connectivity index (χ4v) is 12.3. The quantitative estimate of drug-likeness (QED) is 0.202. The van der Waals surface area contributed by atoms with Crippen molar-refractivity contribution in [2.45, 2.75) is 89.8 Å². The Balaban J connectivity index is 1.26. The molecule has 6 aliphatic carbocycles. The number of aliphatic hydroxyl groups is 2. The molecule has 7 nitrogen and oxygen atoms in total. The van der Waals surface area contributed by atoms with Gasteiger partial charge < -0.3 is 14.9 Å². The van der Waals surface area contributed by atoms with Crippen LogP contribution in [0.15, 0.2) is 66.3 Å². The summed E-state index contributed by atoms with van der Waals surface area (Å²) in [6.45, 7) is 3.78. The number of ether oxygens (including phenoxy) is 1. The molecule has 0 aliphatic heterocycles. The Labute approximate surface area is 306 Å². The Kier molecular flexibility index (Phi) is 8.94. The minimum atomic E-state index is -4.87. The van der Waals surface area contributed by atoms with E-state index in [1.807, 2.05) is 13.0 Å². The predicted octanol–water partition coefficient (Wildman–Crippen LogP) is 7.54. The lowest BCUT2D eigenvalue weighted by molar-refractivity contribution is -0.274. The summed E-state index contributed by atoms with van der Waals surface area (Å²) in [5.41, 5.74) is -3.03. The number of carbonyl (C=O) groups excluding carboxylic acids is 1. The van der Waals surface area contributed by atoms with Crippen molar-refractivity contribution in [1.29, 1.82) is 0 Å². The van der Waals surface area contributed by atoms with Gasteiger partial charge in [0.25, 0.3) is 0 Å². The molecule has 0 radical (unpaired) electrons. The van der Waals surface area contributed by atoms with Gasteiger partial charge in [-0.2, -0.15) is 4.31 Å². The molecular formula is C39H44ClF4NO6S. The molecule has 2 bridgehead atoms. The van der Waals surface area contributed by atoms with E-state index in [1.165, 1.54) is 28.6 Å².